The molecule has 6 nitrogen and oxygen atoms in total. The number of benzene rings is 1. The molecule has 0 heterocycles. The van der Waals surface area contributed by atoms with Gasteiger partial charge >= 0.3 is 5.97 Å². The minimum atomic E-state index is -3.28. The monoisotopic (exact) mass is 301 g/mol. The first kappa shape index (κ1) is 16.5. The molecule has 0 aliphatic rings. The summed E-state index contributed by atoms with van der Waals surface area (Å²) in [5.41, 5.74) is 0. The average Bonchev–Trinajstić information content (AvgIpc) is 2.39. The van der Waals surface area contributed by atoms with Crippen molar-refractivity contribution >= 4 is 15.8 Å². The zero-order chi connectivity index (χ0) is 15.2. The molecule has 0 fully saturated rings. The van der Waals surface area contributed by atoms with Crippen molar-refractivity contribution < 1.29 is 22.7 Å². The van der Waals surface area contributed by atoms with Crippen LogP contribution in [0.4, 0.5) is 0 Å². The maximum atomic E-state index is 11.6. The fraction of sp³-hybridized carbons (Fsp3) is 0.462. The largest absolute Gasteiger partial charge is 0.491 e. The van der Waals surface area contributed by atoms with E-state index in [0.29, 0.717) is 12.4 Å². The Morgan fingerprint density at radius 3 is 2.65 bits per heavy atom. The lowest BCUT2D eigenvalue weighted by molar-refractivity contribution is -0.146. The van der Waals surface area contributed by atoms with Gasteiger partial charge in [0, 0.05) is 6.26 Å². The van der Waals surface area contributed by atoms with Crippen LogP contribution in [0, 0.1) is 0 Å². The minimum absolute atomic E-state index is 0.0581. The van der Waals surface area contributed by atoms with Gasteiger partial charge in [-0.3, -0.25) is 4.79 Å². The number of hydrogen-bond donors (Lipinski definition) is 1. The van der Waals surface area contributed by atoms with Gasteiger partial charge in [-0.15, -0.1) is 0 Å². The quantitative estimate of drug-likeness (QED) is 0.744. The van der Waals surface area contributed by atoms with Crippen LogP contribution in [0.15, 0.2) is 29.2 Å². The van der Waals surface area contributed by atoms with E-state index in [1.165, 1.54) is 12.1 Å². The van der Waals surface area contributed by atoms with E-state index in [-0.39, 0.29) is 11.5 Å². The Labute approximate surface area is 119 Å². The van der Waals surface area contributed by atoms with Crippen molar-refractivity contribution in [3.05, 3.63) is 24.3 Å². The van der Waals surface area contributed by atoms with Gasteiger partial charge in [0.25, 0.3) is 0 Å². The summed E-state index contributed by atoms with van der Waals surface area (Å²) in [7, 11) is -1.66. The first-order chi connectivity index (χ1) is 9.38. The van der Waals surface area contributed by atoms with E-state index in [2.05, 4.69) is 5.32 Å². The Bertz CT molecular complexity index is 556. The summed E-state index contributed by atoms with van der Waals surface area (Å²) in [5.74, 6) is -0.0215. The SMILES string of the molecule is CCOC(=O)C(COc1cccc(S(C)(=O)=O)c1)NC. The third-order valence-electron chi connectivity index (χ3n) is 2.57. The van der Waals surface area contributed by atoms with E-state index in [1.54, 1.807) is 26.1 Å². The second kappa shape index (κ2) is 7.25. The lowest BCUT2D eigenvalue weighted by Crippen LogP contribution is -2.40. The smallest absolute Gasteiger partial charge is 0.326 e. The molecule has 0 amide bonds. The maximum absolute atomic E-state index is 11.6. The van der Waals surface area contributed by atoms with Crippen molar-refractivity contribution in [3.8, 4) is 5.75 Å². The third-order valence-corrected chi connectivity index (χ3v) is 3.68. The van der Waals surface area contributed by atoms with Gasteiger partial charge < -0.3 is 14.8 Å². The van der Waals surface area contributed by atoms with Crippen LogP contribution in [0.2, 0.25) is 0 Å². The van der Waals surface area contributed by atoms with Gasteiger partial charge in [0.2, 0.25) is 0 Å². The molecule has 112 valence electrons. The highest BCUT2D eigenvalue weighted by molar-refractivity contribution is 7.90. The van der Waals surface area contributed by atoms with Gasteiger partial charge in [-0.25, -0.2) is 8.42 Å². The summed E-state index contributed by atoms with van der Waals surface area (Å²) in [4.78, 5) is 11.7. The first-order valence-corrected chi connectivity index (χ1v) is 8.04. The minimum Gasteiger partial charge on any atom is -0.491 e. The van der Waals surface area contributed by atoms with E-state index < -0.39 is 21.8 Å². The second-order valence-electron chi connectivity index (χ2n) is 4.15. The predicted octanol–water partition coefficient (Wildman–Crippen LogP) is 0.620. The van der Waals surface area contributed by atoms with E-state index in [1.807, 2.05) is 0 Å². The summed E-state index contributed by atoms with van der Waals surface area (Å²) in [6.45, 7) is 2.07. The summed E-state index contributed by atoms with van der Waals surface area (Å²) in [6.07, 6.45) is 1.13. The van der Waals surface area contributed by atoms with Crippen LogP contribution in [0.1, 0.15) is 6.92 Å². The number of likely N-dealkylation sites (N-methyl/N-ethyl adjacent to an activating group) is 1. The molecule has 1 aromatic rings. The van der Waals surface area contributed by atoms with Crippen LogP contribution in [-0.4, -0.2) is 46.9 Å². The predicted molar refractivity (Wildman–Crippen MR) is 74.5 cm³/mol. The number of rotatable bonds is 7. The average molecular weight is 301 g/mol. The van der Waals surface area contributed by atoms with Crippen LogP contribution < -0.4 is 10.1 Å². The van der Waals surface area contributed by atoms with E-state index in [9.17, 15) is 13.2 Å². The lowest BCUT2D eigenvalue weighted by atomic mass is 10.3. The van der Waals surface area contributed by atoms with Gasteiger partial charge in [0.05, 0.1) is 11.5 Å². The molecule has 0 saturated heterocycles. The fourth-order valence-electron chi connectivity index (χ4n) is 1.49. The van der Waals surface area contributed by atoms with E-state index in [4.69, 9.17) is 9.47 Å². The second-order valence-corrected chi connectivity index (χ2v) is 6.17. The molecule has 0 aliphatic carbocycles. The number of carbonyl (C=O) groups excluding carboxylic acids is 1. The number of hydrogen-bond acceptors (Lipinski definition) is 6. The Morgan fingerprint density at radius 2 is 2.10 bits per heavy atom. The Kier molecular flexibility index (Phi) is 5.97. The third kappa shape index (κ3) is 4.82. The van der Waals surface area contributed by atoms with Crippen molar-refractivity contribution in [1.29, 1.82) is 0 Å². The van der Waals surface area contributed by atoms with Crippen LogP contribution >= 0.6 is 0 Å². The normalized spacial score (nSPS) is 12.8. The lowest BCUT2D eigenvalue weighted by Gasteiger charge is -2.15. The van der Waals surface area contributed by atoms with Crippen molar-refractivity contribution in [2.75, 3.05) is 26.5 Å². The van der Waals surface area contributed by atoms with Crippen molar-refractivity contribution in [1.82, 2.24) is 5.32 Å². The highest BCUT2D eigenvalue weighted by atomic mass is 32.2. The van der Waals surface area contributed by atoms with Crippen LogP contribution in [0.25, 0.3) is 0 Å². The van der Waals surface area contributed by atoms with Gasteiger partial charge in [-0.05, 0) is 32.2 Å². The van der Waals surface area contributed by atoms with E-state index in [0.717, 1.165) is 6.26 Å². The Morgan fingerprint density at radius 1 is 1.40 bits per heavy atom. The topological polar surface area (TPSA) is 81.7 Å². The van der Waals surface area contributed by atoms with Crippen LogP contribution in [0.3, 0.4) is 0 Å². The highest BCUT2D eigenvalue weighted by Gasteiger charge is 2.18. The summed E-state index contributed by atoms with van der Waals surface area (Å²) < 4.78 is 33.2. The van der Waals surface area contributed by atoms with Gasteiger partial charge in [0.15, 0.2) is 9.84 Å². The number of esters is 1. The molecule has 0 aromatic heterocycles. The standard InChI is InChI=1S/C13H19NO5S/c1-4-18-13(15)12(14-2)9-19-10-6-5-7-11(8-10)20(3,16)17/h5-8,12,14H,4,9H2,1-3H3. The molecule has 1 aromatic carbocycles. The molecule has 1 atom stereocenters. The molecular weight excluding hydrogens is 282 g/mol. The van der Waals surface area contributed by atoms with Gasteiger partial charge in [-0.1, -0.05) is 6.07 Å². The zero-order valence-electron chi connectivity index (χ0n) is 11.8. The molecule has 0 spiro atoms. The maximum Gasteiger partial charge on any atom is 0.326 e. The summed E-state index contributed by atoms with van der Waals surface area (Å²) >= 11 is 0. The van der Waals surface area contributed by atoms with Gasteiger partial charge in [0.1, 0.15) is 18.4 Å². The molecule has 1 unspecified atom stereocenters. The molecule has 0 saturated carbocycles. The van der Waals surface area contributed by atoms with Crippen molar-refractivity contribution in [2.24, 2.45) is 0 Å². The highest BCUT2D eigenvalue weighted by Crippen LogP contribution is 2.17. The number of carbonyl (C=O) groups is 1. The number of ether oxygens (including phenoxy) is 2. The molecule has 0 bridgehead atoms. The zero-order valence-corrected chi connectivity index (χ0v) is 12.6. The van der Waals surface area contributed by atoms with Crippen molar-refractivity contribution in [2.45, 2.75) is 17.9 Å². The molecule has 0 aliphatic heterocycles. The molecule has 0 radical (unpaired) electrons. The molecule has 1 N–H and O–H groups in total. The number of sulfone groups is 1. The van der Waals surface area contributed by atoms with Gasteiger partial charge in [-0.2, -0.15) is 0 Å². The first-order valence-electron chi connectivity index (χ1n) is 6.15. The fourth-order valence-corrected chi connectivity index (χ4v) is 2.14. The molecule has 7 heteroatoms. The van der Waals surface area contributed by atoms with Crippen LogP contribution in [0.5, 0.6) is 5.75 Å². The summed E-state index contributed by atoms with van der Waals surface area (Å²) in [5, 5.41) is 2.78. The Balaban J connectivity index is 2.72. The Hall–Kier alpha value is -1.60. The molecule has 1 rings (SSSR count). The van der Waals surface area contributed by atoms with E-state index >= 15 is 0 Å². The molecular formula is C13H19NO5S. The van der Waals surface area contributed by atoms with Crippen LogP contribution in [-0.2, 0) is 19.4 Å². The number of nitrogens with one attached hydrogen (secondary N) is 1. The van der Waals surface area contributed by atoms with Crippen molar-refractivity contribution in [3.63, 3.8) is 0 Å². The summed E-state index contributed by atoms with van der Waals surface area (Å²) in [6, 6.07) is 5.53. The molecule has 20 heavy (non-hydrogen) atoms.